The predicted octanol–water partition coefficient (Wildman–Crippen LogP) is 4.28. The molecule has 3 aromatic rings. The highest BCUT2D eigenvalue weighted by molar-refractivity contribution is 5.99. The summed E-state index contributed by atoms with van der Waals surface area (Å²) in [5, 5.41) is 14.0. The lowest BCUT2D eigenvalue weighted by Crippen LogP contribution is -2.34. The number of nitrogens with one attached hydrogen (secondary N) is 1. The molecule has 108 valence electrons. The number of fused-ring (bicyclic) bond motifs is 1. The Morgan fingerprint density at radius 3 is 2.38 bits per heavy atom. The van der Waals surface area contributed by atoms with Crippen molar-refractivity contribution in [1.29, 1.82) is 0 Å². The van der Waals surface area contributed by atoms with Gasteiger partial charge in [-0.3, -0.25) is 0 Å². The van der Waals surface area contributed by atoms with Gasteiger partial charge >= 0.3 is 0 Å². The summed E-state index contributed by atoms with van der Waals surface area (Å²) in [4.78, 5) is 0. The first-order valence-electron chi connectivity index (χ1n) is 7.07. The van der Waals surface area contributed by atoms with E-state index in [1.54, 1.807) is 0 Å². The summed E-state index contributed by atoms with van der Waals surface area (Å²) in [5.41, 5.74) is 2.37. The summed E-state index contributed by atoms with van der Waals surface area (Å²) in [6.07, 6.45) is 0. The standard InChI is InChI=1S/C18H19NO2/c1-18(2,12-20)19-16-14-10-6-7-11-15(14)21-17(16)13-8-4-3-5-9-13/h3-11,19-20H,12H2,1-2H3. The molecule has 0 amide bonds. The minimum Gasteiger partial charge on any atom is -0.454 e. The smallest absolute Gasteiger partial charge is 0.158 e. The lowest BCUT2D eigenvalue weighted by atomic mass is 10.0. The van der Waals surface area contributed by atoms with Crippen LogP contribution in [0, 0.1) is 0 Å². The molecule has 0 atom stereocenters. The molecule has 0 bridgehead atoms. The number of benzene rings is 2. The van der Waals surface area contributed by atoms with Crippen LogP contribution in [-0.4, -0.2) is 17.3 Å². The van der Waals surface area contributed by atoms with E-state index >= 15 is 0 Å². The van der Waals surface area contributed by atoms with Gasteiger partial charge in [-0.15, -0.1) is 0 Å². The van der Waals surface area contributed by atoms with Crippen LogP contribution in [0.2, 0.25) is 0 Å². The van der Waals surface area contributed by atoms with E-state index in [1.807, 2.05) is 68.4 Å². The molecule has 0 radical (unpaired) electrons. The number of hydrogen-bond donors (Lipinski definition) is 2. The van der Waals surface area contributed by atoms with Gasteiger partial charge < -0.3 is 14.8 Å². The summed E-state index contributed by atoms with van der Waals surface area (Å²) < 4.78 is 6.03. The molecule has 2 aromatic carbocycles. The van der Waals surface area contributed by atoms with Crippen LogP contribution in [0.1, 0.15) is 13.8 Å². The van der Waals surface area contributed by atoms with E-state index in [4.69, 9.17) is 4.42 Å². The molecule has 3 rings (SSSR count). The molecule has 0 spiro atoms. The van der Waals surface area contributed by atoms with Gasteiger partial charge in [0.25, 0.3) is 0 Å². The fourth-order valence-corrected chi connectivity index (χ4v) is 2.34. The van der Waals surface area contributed by atoms with Crippen molar-refractivity contribution < 1.29 is 9.52 Å². The van der Waals surface area contributed by atoms with Gasteiger partial charge in [0.05, 0.1) is 17.8 Å². The number of aliphatic hydroxyl groups is 1. The quantitative estimate of drug-likeness (QED) is 0.750. The molecule has 3 nitrogen and oxygen atoms in total. The van der Waals surface area contributed by atoms with Gasteiger partial charge in [0.1, 0.15) is 5.58 Å². The minimum atomic E-state index is -0.420. The molecule has 0 fully saturated rings. The van der Waals surface area contributed by atoms with Gasteiger partial charge in [-0.05, 0) is 26.0 Å². The molecule has 2 N–H and O–H groups in total. The monoisotopic (exact) mass is 281 g/mol. The first-order valence-corrected chi connectivity index (χ1v) is 7.07. The Balaban J connectivity index is 2.19. The molecule has 21 heavy (non-hydrogen) atoms. The zero-order chi connectivity index (χ0) is 14.9. The van der Waals surface area contributed by atoms with E-state index in [1.165, 1.54) is 0 Å². The zero-order valence-corrected chi connectivity index (χ0v) is 12.3. The SMILES string of the molecule is CC(C)(CO)Nc1c(-c2ccccc2)oc2ccccc12. The average Bonchev–Trinajstić information content (AvgIpc) is 2.87. The van der Waals surface area contributed by atoms with Crippen LogP contribution in [0.15, 0.2) is 59.0 Å². The summed E-state index contributed by atoms with van der Waals surface area (Å²) in [6, 6.07) is 17.9. The molecule has 3 heteroatoms. The highest BCUT2D eigenvalue weighted by Crippen LogP contribution is 2.39. The molecular weight excluding hydrogens is 262 g/mol. The van der Waals surface area contributed by atoms with Crippen LogP contribution in [-0.2, 0) is 0 Å². The van der Waals surface area contributed by atoms with Gasteiger partial charge in [-0.25, -0.2) is 0 Å². The second-order valence-corrected chi connectivity index (χ2v) is 5.84. The Morgan fingerprint density at radius 2 is 1.67 bits per heavy atom. The van der Waals surface area contributed by atoms with E-state index in [2.05, 4.69) is 5.32 Å². The molecule has 0 saturated carbocycles. The Labute approximate surface area is 124 Å². The van der Waals surface area contributed by atoms with Crippen molar-refractivity contribution in [3.05, 3.63) is 54.6 Å². The Morgan fingerprint density at radius 1 is 1.00 bits per heavy atom. The normalized spacial score (nSPS) is 11.8. The maximum absolute atomic E-state index is 9.53. The number of aliphatic hydroxyl groups excluding tert-OH is 1. The van der Waals surface area contributed by atoms with Crippen LogP contribution in [0.25, 0.3) is 22.3 Å². The van der Waals surface area contributed by atoms with Crippen molar-refractivity contribution in [2.24, 2.45) is 0 Å². The van der Waals surface area contributed by atoms with E-state index in [9.17, 15) is 5.11 Å². The van der Waals surface area contributed by atoms with E-state index in [0.717, 1.165) is 28.0 Å². The van der Waals surface area contributed by atoms with Crippen LogP contribution in [0.5, 0.6) is 0 Å². The number of furan rings is 1. The maximum Gasteiger partial charge on any atom is 0.158 e. The molecule has 1 aromatic heterocycles. The maximum atomic E-state index is 9.53. The van der Waals surface area contributed by atoms with E-state index in [-0.39, 0.29) is 6.61 Å². The third kappa shape index (κ3) is 2.65. The van der Waals surface area contributed by atoms with Crippen molar-refractivity contribution in [3.63, 3.8) is 0 Å². The zero-order valence-electron chi connectivity index (χ0n) is 12.3. The fourth-order valence-electron chi connectivity index (χ4n) is 2.34. The number of hydrogen-bond acceptors (Lipinski definition) is 3. The second kappa shape index (κ2) is 5.26. The summed E-state index contributed by atoms with van der Waals surface area (Å²) >= 11 is 0. The van der Waals surface area contributed by atoms with Gasteiger partial charge in [0, 0.05) is 10.9 Å². The third-order valence-corrected chi connectivity index (χ3v) is 3.49. The number of rotatable bonds is 4. The van der Waals surface area contributed by atoms with Gasteiger partial charge in [-0.2, -0.15) is 0 Å². The van der Waals surface area contributed by atoms with Gasteiger partial charge in [0.15, 0.2) is 5.76 Å². The molecule has 0 aliphatic heterocycles. The Hall–Kier alpha value is -2.26. The lowest BCUT2D eigenvalue weighted by Gasteiger charge is -2.25. The largest absolute Gasteiger partial charge is 0.454 e. The van der Waals surface area contributed by atoms with Crippen LogP contribution < -0.4 is 5.32 Å². The van der Waals surface area contributed by atoms with Gasteiger partial charge in [0.2, 0.25) is 0 Å². The average molecular weight is 281 g/mol. The minimum absolute atomic E-state index is 0.0424. The van der Waals surface area contributed by atoms with Crippen molar-refractivity contribution in [3.8, 4) is 11.3 Å². The van der Waals surface area contributed by atoms with Crippen molar-refractivity contribution in [2.45, 2.75) is 19.4 Å². The second-order valence-electron chi connectivity index (χ2n) is 5.84. The summed E-state index contributed by atoms with van der Waals surface area (Å²) in [6.45, 7) is 3.97. The highest BCUT2D eigenvalue weighted by atomic mass is 16.3. The predicted molar refractivity (Wildman–Crippen MR) is 86.4 cm³/mol. The van der Waals surface area contributed by atoms with Crippen molar-refractivity contribution in [1.82, 2.24) is 0 Å². The lowest BCUT2D eigenvalue weighted by molar-refractivity contribution is 0.234. The molecule has 0 saturated heterocycles. The topological polar surface area (TPSA) is 45.4 Å². The van der Waals surface area contributed by atoms with Crippen molar-refractivity contribution in [2.75, 3.05) is 11.9 Å². The summed E-state index contributed by atoms with van der Waals surface area (Å²) in [7, 11) is 0. The first kappa shape index (κ1) is 13.7. The van der Waals surface area contributed by atoms with Crippen LogP contribution >= 0.6 is 0 Å². The third-order valence-electron chi connectivity index (χ3n) is 3.49. The van der Waals surface area contributed by atoms with E-state index < -0.39 is 5.54 Å². The fraction of sp³-hybridized carbons (Fsp3) is 0.222. The number of anilines is 1. The molecular formula is C18H19NO2. The molecule has 0 aliphatic rings. The molecule has 0 unspecified atom stereocenters. The Bertz CT molecular complexity index is 744. The number of para-hydroxylation sites is 1. The first-order chi connectivity index (χ1) is 10.1. The summed E-state index contributed by atoms with van der Waals surface area (Å²) in [5.74, 6) is 0.804. The van der Waals surface area contributed by atoms with E-state index in [0.29, 0.717) is 0 Å². The van der Waals surface area contributed by atoms with Crippen molar-refractivity contribution >= 4 is 16.7 Å². The molecule has 0 aliphatic carbocycles. The van der Waals surface area contributed by atoms with Crippen LogP contribution in [0.3, 0.4) is 0 Å². The van der Waals surface area contributed by atoms with Gasteiger partial charge in [-0.1, -0.05) is 42.5 Å². The highest BCUT2D eigenvalue weighted by Gasteiger charge is 2.22. The molecule has 1 heterocycles. The Kier molecular flexibility index (Phi) is 3.43. The van der Waals surface area contributed by atoms with Crippen LogP contribution in [0.4, 0.5) is 5.69 Å².